The van der Waals surface area contributed by atoms with Gasteiger partial charge < -0.3 is 20.5 Å². The molecule has 2 aliphatic rings. The highest BCUT2D eigenvalue weighted by atomic mass is 35.5. The predicted molar refractivity (Wildman–Crippen MR) is 143 cm³/mol. The van der Waals surface area contributed by atoms with Gasteiger partial charge in [0.15, 0.2) is 5.01 Å². The van der Waals surface area contributed by atoms with Crippen LogP contribution in [0.15, 0.2) is 36.3 Å². The third-order valence-corrected chi connectivity index (χ3v) is 8.14. The molecular weight excluding hydrogens is 514 g/mol. The highest BCUT2D eigenvalue weighted by Gasteiger charge is 2.43. The van der Waals surface area contributed by atoms with E-state index in [1.165, 1.54) is 11.3 Å². The Kier molecular flexibility index (Phi) is 6.69. The van der Waals surface area contributed by atoms with Gasteiger partial charge in [0.05, 0.1) is 15.9 Å². The van der Waals surface area contributed by atoms with Gasteiger partial charge in [0, 0.05) is 75.0 Å². The summed E-state index contributed by atoms with van der Waals surface area (Å²) in [5.74, 6) is -1.18. The van der Waals surface area contributed by atoms with E-state index in [1.54, 1.807) is 37.2 Å². The van der Waals surface area contributed by atoms with Crippen LogP contribution in [0.25, 0.3) is 16.3 Å². The quantitative estimate of drug-likeness (QED) is 0.387. The fourth-order valence-electron chi connectivity index (χ4n) is 5.26. The Morgan fingerprint density at radius 2 is 2.03 bits per heavy atom. The molecule has 3 heterocycles. The van der Waals surface area contributed by atoms with Crippen molar-refractivity contribution in [2.75, 3.05) is 19.5 Å². The average Bonchev–Trinajstić information content (AvgIpc) is 3.40. The van der Waals surface area contributed by atoms with Crippen LogP contribution in [0.1, 0.15) is 34.6 Å². The number of thiazole rings is 1. The molecule has 2 aromatic heterocycles. The Bertz CT molecular complexity index is 1400. The van der Waals surface area contributed by atoms with Crippen molar-refractivity contribution in [2.24, 2.45) is 18.7 Å². The molecule has 5 N–H and O–H groups in total. The number of amides is 3. The van der Waals surface area contributed by atoms with Gasteiger partial charge in [-0.3, -0.25) is 14.4 Å². The van der Waals surface area contributed by atoms with E-state index in [0.29, 0.717) is 40.0 Å². The summed E-state index contributed by atoms with van der Waals surface area (Å²) in [6, 6.07) is 4.87. The van der Waals surface area contributed by atoms with Crippen molar-refractivity contribution in [1.29, 1.82) is 0 Å². The van der Waals surface area contributed by atoms with Gasteiger partial charge in [-0.05, 0) is 18.6 Å². The van der Waals surface area contributed by atoms with Crippen LogP contribution in [0.5, 0.6) is 0 Å². The molecule has 10 nitrogen and oxygen atoms in total. The number of carbonyl (C=O) groups excluding carboxylic acids is 3. The first-order chi connectivity index (χ1) is 17.6. The SMILES string of the molecule is CN(C)C(=O)C1CC(NC(=O)c2nc3cn(C)cc3s2)CC([NH+]2Nc3cc(Cl)ccc3C=C2C(N)=O)C1. The number of nitrogens with two attached hydrogens (primary N) is 1. The highest BCUT2D eigenvalue weighted by Crippen LogP contribution is 2.29. The summed E-state index contributed by atoms with van der Waals surface area (Å²) < 4.78 is 2.84. The van der Waals surface area contributed by atoms with Gasteiger partial charge in [0.1, 0.15) is 6.04 Å². The van der Waals surface area contributed by atoms with Crippen molar-refractivity contribution in [3.63, 3.8) is 0 Å². The number of benzene rings is 1. The average molecular weight is 543 g/mol. The van der Waals surface area contributed by atoms with E-state index in [2.05, 4.69) is 15.7 Å². The molecule has 0 spiro atoms. The molecule has 37 heavy (non-hydrogen) atoms. The van der Waals surface area contributed by atoms with Crippen molar-refractivity contribution in [1.82, 2.24) is 19.8 Å². The number of fused-ring (bicyclic) bond motifs is 2. The lowest BCUT2D eigenvalue weighted by Crippen LogP contribution is -3.18. The maximum absolute atomic E-state index is 13.1. The highest BCUT2D eigenvalue weighted by molar-refractivity contribution is 7.20. The van der Waals surface area contributed by atoms with Gasteiger partial charge in [-0.25, -0.2) is 10.4 Å². The Labute approximate surface area is 223 Å². The molecule has 0 radical (unpaired) electrons. The van der Waals surface area contributed by atoms with Crippen LogP contribution in [0.3, 0.4) is 0 Å². The fourth-order valence-corrected chi connectivity index (χ4v) is 6.36. The standard InChI is InChI=1S/C25H28ClN7O3S/c1-31(2)25(36)14-6-16(28-23(35)24-29-19-11-32(3)12-21(19)37-24)10-17(7-14)33-20(22(27)34)8-13-4-5-15(26)9-18(13)30-33/h4-5,8-9,11-12,14,16-17,30H,6-7,10H2,1-3H3,(H2,27,34)(H,28,35)/p+1. The molecule has 3 amide bonds. The lowest BCUT2D eigenvalue weighted by molar-refractivity contribution is -0.862. The normalized spacial score (nSPS) is 23.1. The van der Waals surface area contributed by atoms with Crippen LogP contribution in [-0.4, -0.2) is 58.4 Å². The third-order valence-electron chi connectivity index (χ3n) is 6.90. The van der Waals surface area contributed by atoms with E-state index in [0.717, 1.165) is 21.5 Å². The molecule has 4 unspecified atom stereocenters. The maximum atomic E-state index is 13.1. The second kappa shape index (κ2) is 9.81. The summed E-state index contributed by atoms with van der Waals surface area (Å²) in [7, 11) is 5.36. The number of quaternary nitrogens is 1. The molecule has 0 saturated heterocycles. The Morgan fingerprint density at radius 1 is 1.24 bits per heavy atom. The molecule has 1 saturated carbocycles. The molecule has 0 bridgehead atoms. The van der Waals surface area contributed by atoms with Gasteiger partial charge in [-0.15, -0.1) is 11.3 Å². The smallest absolute Gasteiger partial charge is 0.305 e. The minimum atomic E-state index is -0.556. The lowest BCUT2D eigenvalue weighted by atomic mass is 9.81. The second-order valence-electron chi connectivity index (χ2n) is 9.89. The van der Waals surface area contributed by atoms with Gasteiger partial charge in [-0.1, -0.05) is 17.7 Å². The molecule has 194 valence electrons. The summed E-state index contributed by atoms with van der Waals surface area (Å²) in [5, 5.41) is 4.69. The van der Waals surface area contributed by atoms with Crippen LogP contribution in [0.2, 0.25) is 5.02 Å². The predicted octanol–water partition coefficient (Wildman–Crippen LogP) is 1.40. The summed E-state index contributed by atoms with van der Waals surface area (Å²) >= 11 is 7.55. The minimum absolute atomic E-state index is 0.0196. The molecule has 4 atom stereocenters. The summed E-state index contributed by atoms with van der Waals surface area (Å²) in [6.07, 6.45) is 7.12. The van der Waals surface area contributed by atoms with Gasteiger partial charge in [-0.2, -0.15) is 5.01 Å². The van der Waals surface area contributed by atoms with Crippen molar-refractivity contribution >= 4 is 62.6 Å². The van der Waals surface area contributed by atoms with Gasteiger partial charge in [0.25, 0.3) is 5.91 Å². The monoisotopic (exact) mass is 542 g/mol. The molecule has 12 heteroatoms. The number of primary amides is 1. The van der Waals surface area contributed by atoms with Crippen LogP contribution in [-0.2, 0) is 16.6 Å². The van der Waals surface area contributed by atoms with Crippen LogP contribution in [0.4, 0.5) is 5.69 Å². The number of halogens is 1. The van der Waals surface area contributed by atoms with E-state index in [-0.39, 0.29) is 29.8 Å². The van der Waals surface area contributed by atoms with Crippen molar-refractivity contribution in [3.8, 4) is 0 Å². The number of aromatic nitrogens is 2. The Morgan fingerprint density at radius 3 is 2.73 bits per heavy atom. The summed E-state index contributed by atoms with van der Waals surface area (Å²) in [5.41, 5.74) is 11.9. The van der Waals surface area contributed by atoms with E-state index in [1.807, 2.05) is 30.1 Å². The number of carbonyl (C=O) groups is 3. The number of aryl methyl sites for hydroxylation is 1. The Hall–Kier alpha value is -3.41. The molecule has 3 aromatic rings. The van der Waals surface area contributed by atoms with Gasteiger partial charge in [0.2, 0.25) is 11.6 Å². The number of rotatable bonds is 5. The van der Waals surface area contributed by atoms with E-state index in [9.17, 15) is 14.4 Å². The third kappa shape index (κ3) is 5.07. The zero-order valence-electron chi connectivity index (χ0n) is 20.7. The fraction of sp³-hybridized carbons (Fsp3) is 0.360. The zero-order chi connectivity index (χ0) is 26.4. The summed E-state index contributed by atoms with van der Waals surface area (Å²) in [6.45, 7) is 0. The van der Waals surface area contributed by atoms with Crippen molar-refractivity contribution < 1.29 is 19.4 Å². The topological polar surface area (TPSA) is 127 Å². The van der Waals surface area contributed by atoms with Gasteiger partial charge >= 0.3 is 5.91 Å². The van der Waals surface area contributed by atoms with E-state index < -0.39 is 5.91 Å². The molecule has 1 aliphatic carbocycles. The number of hydrogen-bond donors (Lipinski definition) is 4. The van der Waals surface area contributed by atoms with E-state index >= 15 is 0 Å². The first-order valence-electron chi connectivity index (χ1n) is 12.0. The lowest BCUT2D eigenvalue weighted by Gasteiger charge is -2.39. The molecule has 5 rings (SSSR count). The molecule has 1 aromatic carbocycles. The second-order valence-corrected chi connectivity index (χ2v) is 11.4. The summed E-state index contributed by atoms with van der Waals surface area (Å²) in [4.78, 5) is 44.7. The van der Waals surface area contributed by atoms with Crippen LogP contribution in [0, 0.1) is 5.92 Å². The first kappa shape index (κ1) is 25.2. The molecule has 1 aliphatic heterocycles. The molecular formula is C25H29ClN7O3S+. The number of hydrogen-bond acceptors (Lipinski definition) is 6. The van der Waals surface area contributed by atoms with Crippen LogP contribution >= 0.6 is 22.9 Å². The minimum Gasteiger partial charge on any atom is -0.361 e. The largest absolute Gasteiger partial charge is 0.361 e. The number of nitrogens with zero attached hydrogens (tertiary/aromatic N) is 3. The Balaban J connectivity index is 1.42. The maximum Gasteiger partial charge on any atom is 0.305 e. The molecule has 1 fully saturated rings. The van der Waals surface area contributed by atoms with E-state index in [4.69, 9.17) is 17.3 Å². The number of nitrogens with one attached hydrogen (secondary N) is 3. The van der Waals surface area contributed by atoms with Crippen molar-refractivity contribution in [2.45, 2.75) is 31.3 Å². The van der Waals surface area contributed by atoms with Crippen LogP contribution < -0.4 is 21.5 Å². The number of anilines is 1. The first-order valence-corrected chi connectivity index (χ1v) is 13.2. The zero-order valence-corrected chi connectivity index (χ0v) is 22.3. The van der Waals surface area contributed by atoms with Crippen molar-refractivity contribution in [3.05, 3.63) is 51.9 Å².